The lowest BCUT2D eigenvalue weighted by Crippen LogP contribution is -2.21. The second kappa shape index (κ2) is 5.34. The van der Waals surface area contributed by atoms with Crippen LogP contribution in [0.2, 0.25) is 0 Å². The van der Waals surface area contributed by atoms with Crippen molar-refractivity contribution in [1.29, 1.82) is 0 Å². The monoisotopic (exact) mass is 319 g/mol. The Morgan fingerprint density at radius 3 is 1.45 bits per heavy atom. The predicted octanol–water partition coefficient (Wildman–Crippen LogP) is 4.39. The number of hydrogen-bond acceptors (Lipinski definition) is 3. The van der Waals surface area contributed by atoms with E-state index in [1.807, 2.05) is 0 Å². The third kappa shape index (κ3) is 2.41. The lowest BCUT2D eigenvalue weighted by Gasteiger charge is -2.36. The van der Waals surface area contributed by atoms with Crippen molar-refractivity contribution < 1.29 is 13.0 Å². The van der Waals surface area contributed by atoms with Crippen molar-refractivity contribution in [2.24, 2.45) is 0 Å². The zero-order valence-corrected chi connectivity index (χ0v) is 13.7. The zero-order chi connectivity index (χ0) is 15.3. The minimum atomic E-state index is -4.39. The Morgan fingerprint density at radius 1 is 0.773 bits per heavy atom. The van der Waals surface area contributed by atoms with Crippen molar-refractivity contribution >= 4 is 10.1 Å². The van der Waals surface area contributed by atoms with Gasteiger partial charge in [-0.05, 0) is 73.0 Å². The van der Waals surface area contributed by atoms with Gasteiger partial charge < -0.3 is 4.55 Å². The van der Waals surface area contributed by atoms with Crippen molar-refractivity contribution in [1.82, 2.24) is 0 Å². The minimum Gasteiger partial charge on any atom is -0.744 e. The van der Waals surface area contributed by atoms with Gasteiger partial charge in [-0.1, -0.05) is 31.4 Å². The Balaban J connectivity index is 1.88. The summed E-state index contributed by atoms with van der Waals surface area (Å²) in [6.45, 7) is 0. The molecule has 3 nitrogen and oxygen atoms in total. The average molecular weight is 319 g/mol. The van der Waals surface area contributed by atoms with E-state index < -0.39 is 10.1 Å². The lowest BCUT2D eigenvalue weighted by molar-refractivity contribution is 0.384. The summed E-state index contributed by atoms with van der Waals surface area (Å²) in [5.74, 6) is 1.16. The van der Waals surface area contributed by atoms with Crippen LogP contribution in [0.3, 0.4) is 0 Å². The molecule has 3 aliphatic rings. The Labute approximate surface area is 132 Å². The summed E-state index contributed by atoms with van der Waals surface area (Å²) in [6, 6.07) is 4.14. The summed E-state index contributed by atoms with van der Waals surface area (Å²) in [4.78, 5) is 0.157. The molecule has 3 saturated carbocycles. The van der Waals surface area contributed by atoms with Gasteiger partial charge in [0, 0.05) is 0 Å². The molecule has 0 N–H and O–H groups in total. The fourth-order valence-corrected chi connectivity index (χ4v) is 5.04. The van der Waals surface area contributed by atoms with Crippen molar-refractivity contribution in [3.63, 3.8) is 0 Å². The molecule has 0 aliphatic heterocycles. The Hall–Kier alpha value is -0.870. The molecule has 0 saturated heterocycles. The molecule has 4 heteroatoms. The van der Waals surface area contributed by atoms with Gasteiger partial charge in [0.2, 0.25) is 0 Å². The smallest absolute Gasteiger partial charge is 0.124 e. The van der Waals surface area contributed by atoms with Crippen molar-refractivity contribution in [3.8, 4) is 0 Å². The van der Waals surface area contributed by atoms with Crippen LogP contribution in [-0.2, 0) is 10.1 Å². The normalized spacial score (nSPS) is 23.7. The highest BCUT2D eigenvalue weighted by molar-refractivity contribution is 7.85. The second-order valence-electron chi connectivity index (χ2n) is 7.37. The van der Waals surface area contributed by atoms with Crippen LogP contribution in [0.25, 0.3) is 0 Å². The highest BCUT2D eigenvalue weighted by atomic mass is 32.2. The molecule has 0 unspecified atom stereocenters. The van der Waals surface area contributed by atoms with E-state index in [4.69, 9.17) is 0 Å². The van der Waals surface area contributed by atoms with Gasteiger partial charge in [-0.15, -0.1) is 0 Å². The van der Waals surface area contributed by atoms with Crippen LogP contribution in [0.15, 0.2) is 17.0 Å². The minimum absolute atomic E-state index is 0.157. The maximum absolute atomic E-state index is 12.0. The van der Waals surface area contributed by atoms with Gasteiger partial charge in [0.25, 0.3) is 0 Å². The SMILES string of the molecule is O=S(=O)([O-])c1c(C2CCC2)cc(C2CCC2)cc1C1CCC1. The average Bonchev–Trinajstić information content (AvgIpc) is 2.18. The molecule has 1 aromatic carbocycles. The first kappa shape index (κ1) is 14.7. The molecule has 0 bridgehead atoms. The number of rotatable bonds is 4. The fraction of sp³-hybridized carbons (Fsp3) is 0.667. The summed E-state index contributed by atoms with van der Waals surface area (Å²) in [5.41, 5.74) is 3.00. The van der Waals surface area contributed by atoms with Crippen molar-refractivity contribution in [3.05, 3.63) is 28.8 Å². The standard InChI is InChI=1S/C18H24O3S/c19-22(20,21)18-16(13-6-2-7-13)10-15(12-4-1-5-12)11-17(18)14-8-3-9-14/h10-14H,1-9H2,(H,19,20,21)/p-1. The molecular formula is C18H23O3S-. The second-order valence-corrected chi connectivity index (χ2v) is 8.68. The molecule has 22 heavy (non-hydrogen) atoms. The van der Waals surface area contributed by atoms with Gasteiger partial charge >= 0.3 is 0 Å². The molecule has 0 amide bonds. The summed E-state index contributed by atoms with van der Waals surface area (Å²) in [6.07, 6.45) is 10.1. The van der Waals surface area contributed by atoms with Crippen LogP contribution in [0.5, 0.6) is 0 Å². The van der Waals surface area contributed by atoms with Crippen LogP contribution in [0.1, 0.15) is 92.2 Å². The van der Waals surface area contributed by atoms with Crippen LogP contribution < -0.4 is 0 Å². The van der Waals surface area contributed by atoms with Crippen LogP contribution in [0.4, 0.5) is 0 Å². The van der Waals surface area contributed by atoms with E-state index in [9.17, 15) is 13.0 Å². The van der Waals surface area contributed by atoms with Crippen LogP contribution in [0, 0.1) is 0 Å². The van der Waals surface area contributed by atoms with Gasteiger partial charge in [0.15, 0.2) is 0 Å². The first-order valence-corrected chi connectivity index (χ1v) is 10.1. The van der Waals surface area contributed by atoms with Gasteiger partial charge in [-0.25, -0.2) is 8.42 Å². The highest BCUT2D eigenvalue weighted by Gasteiger charge is 2.33. The van der Waals surface area contributed by atoms with E-state index in [1.54, 1.807) is 0 Å². The summed E-state index contributed by atoms with van der Waals surface area (Å²) >= 11 is 0. The lowest BCUT2D eigenvalue weighted by atomic mass is 9.72. The van der Waals surface area contributed by atoms with Gasteiger partial charge in [0.1, 0.15) is 10.1 Å². The van der Waals surface area contributed by atoms with E-state index in [-0.39, 0.29) is 16.7 Å². The molecule has 120 valence electrons. The molecule has 0 atom stereocenters. The number of benzene rings is 1. The zero-order valence-electron chi connectivity index (χ0n) is 12.9. The van der Waals surface area contributed by atoms with E-state index in [1.165, 1.54) is 24.8 Å². The van der Waals surface area contributed by atoms with Crippen LogP contribution >= 0.6 is 0 Å². The summed E-state index contributed by atoms with van der Waals surface area (Å²) in [5, 5.41) is 0. The number of hydrogen-bond donors (Lipinski definition) is 0. The fourth-order valence-electron chi connectivity index (χ4n) is 4.01. The van der Waals surface area contributed by atoms with E-state index in [0.29, 0.717) is 5.92 Å². The molecule has 1 aromatic rings. The molecule has 0 radical (unpaired) electrons. The molecule has 0 heterocycles. The molecular weight excluding hydrogens is 296 g/mol. The van der Waals surface area contributed by atoms with Gasteiger partial charge in [0.05, 0.1) is 4.90 Å². The molecule has 0 aromatic heterocycles. The van der Waals surface area contributed by atoms with E-state index in [0.717, 1.165) is 49.7 Å². The summed E-state index contributed by atoms with van der Waals surface area (Å²) < 4.78 is 35.9. The Kier molecular flexibility index (Phi) is 3.57. The van der Waals surface area contributed by atoms with Crippen LogP contribution in [-0.4, -0.2) is 13.0 Å². The molecule has 4 rings (SSSR count). The first-order valence-electron chi connectivity index (χ1n) is 8.67. The van der Waals surface area contributed by atoms with Gasteiger partial charge in [-0.2, -0.15) is 0 Å². The molecule has 3 aliphatic carbocycles. The Morgan fingerprint density at radius 2 is 1.18 bits per heavy atom. The highest BCUT2D eigenvalue weighted by Crippen LogP contribution is 2.48. The third-order valence-corrected chi connectivity index (χ3v) is 7.06. The molecule has 0 spiro atoms. The summed E-state index contributed by atoms with van der Waals surface area (Å²) in [7, 11) is -4.39. The first-order chi connectivity index (χ1) is 10.5. The Bertz CT molecular complexity index is 645. The predicted molar refractivity (Wildman–Crippen MR) is 84.2 cm³/mol. The quantitative estimate of drug-likeness (QED) is 0.773. The maximum atomic E-state index is 12.0. The van der Waals surface area contributed by atoms with Gasteiger partial charge in [-0.3, -0.25) is 0 Å². The van der Waals surface area contributed by atoms with Crippen molar-refractivity contribution in [2.75, 3.05) is 0 Å². The van der Waals surface area contributed by atoms with E-state index >= 15 is 0 Å². The maximum Gasteiger partial charge on any atom is 0.124 e. The van der Waals surface area contributed by atoms with E-state index in [2.05, 4.69) is 12.1 Å². The molecule has 3 fully saturated rings. The largest absolute Gasteiger partial charge is 0.744 e. The third-order valence-electron chi connectivity index (χ3n) is 6.09. The van der Waals surface area contributed by atoms with Crippen molar-refractivity contribution in [2.45, 2.75) is 80.4 Å². The topological polar surface area (TPSA) is 57.2 Å².